The molecule has 0 saturated carbocycles. The highest BCUT2D eigenvalue weighted by molar-refractivity contribution is 9.11. The highest BCUT2D eigenvalue weighted by atomic mass is 79.9. The minimum Gasteiger partial charge on any atom is -0.491 e. The smallest absolute Gasteiger partial charge is 0.233 e. The van der Waals surface area contributed by atoms with Crippen LogP contribution in [0.4, 0.5) is 0 Å². The summed E-state index contributed by atoms with van der Waals surface area (Å²) in [5, 5.41) is 0. The average Bonchev–Trinajstić information content (AvgIpc) is 2.35. The molecule has 0 radical (unpaired) electrons. The summed E-state index contributed by atoms with van der Waals surface area (Å²) in [4.78, 5) is 0. The van der Waals surface area contributed by atoms with E-state index in [1.165, 1.54) is 0 Å². The summed E-state index contributed by atoms with van der Waals surface area (Å²) >= 11 is 6.84. The topological polar surface area (TPSA) is 43.4 Å². The van der Waals surface area contributed by atoms with Gasteiger partial charge >= 0.3 is 0 Å². The van der Waals surface area contributed by atoms with Gasteiger partial charge in [0.2, 0.25) is 9.05 Å². The van der Waals surface area contributed by atoms with E-state index in [1.54, 1.807) is 0 Å². The van der Waals surface area contributed by atoms with E-state index in [0.717, 1.165) is 8.95 Å². The van der Waals surface area contributed by atoms with Crippen molar-refractivity contribution >= 4 is 51.6 Å². The zero-order chi connectivity index (χ0) is 15.4. The summed E-state index contributed by atoms with van der Waals surface area (Å²) in [6.45, 7) is 4.20. The normalized spacial score (nSPS) is 12.4. The van der Waals surface area contributed by atoms with Crippen LogP contribution in [0.3, 0.4) is 0 Å². The summed E-state index contributed by atoms with van der Waals surface area (Å²) in [5.74, 6) is 0.585. The van der Waals surface area contributed by atoms with Crippen LogP contribution in [0.5, 0.6) is 5.75 Å². The lowest BCUT2D eigenvalue weighted by molar-refractivity contribution is 0.153. The van der Waals surface area contributed by atoms with Crippen LogP contribution in [-0.4, -0.2) is 20.8 Å². The maximum absolute atomic E-state index is 11.4. The Bertz CT molecular complexity index is 536. The molecule has 0 saturated heterocycles. The van der Waals surface area contributed by atoms with Crippen LogP contribution in [-0.2, 0) is 9.05 Å². The number of rotatable bonds is 7. The van der Waals surface area contributed by atoms with Crippen LogP contribution >= 0.6 is 42.5 Å². The lowest BCUT2D eigenvalue weighted by Gasteiger charge is -2.30. The van der Waals surface area contributed by atoms with Crippen molar-refractivity contribution in [3.63, 3.8) is 0 Å². The SMILES string of the molecule is CCC(CC)(COc1c(Br)cccc1Br)CS(=O)(=O)Cl. The Morgan fingerprint density at radius 2 is 1.70 bits per heavy atom. The number of ether oxygens (including phenoxy) is 1. The number of benzene rings is 1. The first-order chi connectivity index (χ1) is 9.23. The van der Waals surface area contributed by atoms with Crippen molar-refractivity contribution in [2.24, 2.45) is 5.41 Å². The second-order valence-electron chi connectivity index (χ2n) is 4.73. The molecule has 0 atom stereocenters. The molecule has 114 valence electrons. The minimum atomic E-state index is -3.56. The van der Waals surface area contributed by atoms with Crippen LogP contribution in [0.2, 0.25) is 0 Å². The summed E-state index contributed by atoms with van der Waals surface area (Å²) in [6.07, 6.45) is 1.36. The standard InChI is InChI=1S/C13H17Br2ClO3S/c1-3-13(4-2,9-20(16,17)18)8-19-12-10(14)6-5-7-11(12)15/h5-7H,3-4,8-9H2,1-2H3. The molecule has 0 heterocycles. The predicted octanol–water partition coefficient (Wildman–Crippen LogP) is 4.97. The van der Waals surface area contributed by atoms with Crippen molar-refractivity contribution < 1.29 is 13.2 Å². The molecule has 1 rings (SSSR count). The van der Waals surface area contributed by atoms with Gasteiger partial charge in [-0.25, -0.2) is 8.42 Å². The molecule has 0 aromatic heterocycles. The molecule has 0 spiro atoms. The maximum Gasteiger partial charge on any atom is 0.233 e. The van der Waals surface area contributed by atoms with E-state index in [2.05, 4.69) is 31.9 Å². The zero-order valence-electron chi connectivity index (χ0n) is 11.3. The first kappa shape index (κ1) is 18.3. The lowest BCUT2D eigenvalue weighted by Crippen LogP contribution is -2.33. The van der Waals surface area contributed by atoms with Crippen molar-refractivity contribution in [1.82, 2.24) is 0 Å². The van der Waals surface area contributed by atoms with E-state index in [0.29, 0.717) is 25.2 Å². The molecule has 0 N–H and O–H groups in total. The Morgan fingerprint density at radius 3 is 2.10 bits per heavy atom. The first-order valence-corrected chi connectivity index (χ1v) is 10.3. The highest BCUT2D eigenvalue weighted by Crippen LogP contribution is 2.36. The Labute approximate surface area is 141 Å². The van der Waals surface area contributed by atoms with E-state index < -0.39 is 14.5 Å². The van der Waals surface area contributed by atoms with Crippen molar-refractivity contribution in [3.05, 3.63) is 27.1 Å². The fourth-order valence-electron chi connectivity index (χ4n) is 1.91. The lowest BCUT2D eigenvalue weighted by atomic mass is 9.85. The molecular formula is C13H17Br2ClO3S. The summed E-state index contributed by atoms with van der Waals surface area (Å²) in [7, 11) is 1.86. The second kappa shape index (κ2) is 7.47. The van der Waals surface area contributed by atoms with Crippen LogP contribution < -0.4 is 4.74 Å². The van der Waals surface area contributed by atoms with Gasteiger partial charge in [0, 0.05) is 16.1 Å². The van der Waals surface area contributed by atoms with Crippen molar-refractivity contribution in [3.8, 4) is 5.75 Å². The molecule has 0 unspecified atom stereocenters. The quantitative estimate of drug-likeness (QED) is 0.554. The Morgan fingerprint density at radius 1 is 1.20 bits per heavy atom. The molecule has 3 nitrogen and oxygen atoms in total. The first-order valence-electron chi connectivity index (χ1n) is 6.22. The molecule has 7 heteroatoms. The predicted molar refractivity (Wildman–Crippen MR) is 90.0 cm³/mol. The Kier molecular flexibility index (Phi) is 6.83. The fraction of sp³-hybridized carbons (Fsp3) is 0.538. The number of hydrogen-bond acceptors (Lipinski definition) is 3. The van der Waals surface area contributed by atoms with Crippen molar-refractivity contribution in [2.45, 2.75) is 26.7 Å². The average molecular weight is 449 g/mol. The summed E-state index contributed by atoms with van der Waals surface area (Å²) in [6, 6.07) is 5.63. The van der Waals surface area contributed by atoms with Gasteiger partial charge in [-0.1, -0.05) is 19.9 Å². The van der Waals surface area contributed by atoms with E-state index in [1.807, 2.05) is 32.0 Å². The van der Waals surface area contributed by atoms with E-state index in [9.17, 15) is 8.42 Å². The van der Waals surface area contributed by atoms with Gasteiger partial charge in [-0.3, -0.25) is 0 Å². The maximum atomic E-state index is 11.4. The zero-order valence-corrected chi connectivity index (χ0v) is 16.1. The third-order valence-corrected chi connectivity index (χ3v) is 5.95. The van der Waals surface area contributed by atoms with Gasteiger partial charge in [0.25, 0.3) is 0 Å². The third kappa shape index (κ3) is 5.20. The summed E-state index contributed by atoms with van der Waals surface area (Å²) in [5.41, 5.74) is -0.477. The number of para-hydroxylation sites is 1. The number of hydrogen-bond donors (Lipinski definition) is 0. The van der Waals surface area contributed by atoms with Crippen molar-refractivity contribution in [1.29, 1.82) is 0 Å². The van der Waals surface area contributed by atoms with Crippen LogP contribution in [0, 0.1) is 5.41 Å². The Balaban J connectivity index is 2.93. The van der Waals surface area contributed by atoms with Gasteiger partial charge < -0.3 is 4.74 Å². The minimum absolute atomic E-state index is 0.0867. The second-order valence-corrected chi connectivity index (χ2v) is 9.22. The third-order valence-electron chi connectivity index (χ3n) is 3.42. The van der Waals surface area contributed by atoms with Gasteiger partial charge in [0.05, 0.1) is 21.3 Å². The highest BCUT2D eigenvalue weighted by Gasteiger charge is 2.33. The molecule has 20 heavy (non-hydrogen) atoms. The van der Waals surface area contributed by atoms with Gasteiger partial charge in [0.15, 0.2) is 0 Å². The Hall–Kier alpha value is 0.220. The molecule has 1 aromatic rings. The largest absolute Gasteiger partial charge is 0.491 e. The van der Waals surface area contributed by atoms with Crippen LogP contribution in [0.15, 0.2) is 27.1 Å². The van der Waals surface area contributed by atoms with E-state index in [4.69, 9.17) is 15.4 Å². The number of halogens is 3. The fourth-order valence-corrected chi connectivity index (χ4v) is 5.06. The monoisotopic (exact) mass is 446 g/mol. The van der Waals surface area contributed by atoms with Crippen molar-refractivity contribution in [2.75, 3.05) is 12.4 Å². The van der Waals surface area contributed by atoms with E-state index >= 15 is 0 Å². The van der Waals surface area contributed by atoms with Gasteiger partial charge in [0.1, 0.15) is 5.75 Å². The molecule has 0 fully saturated rings. The molecular weight excluding hydrogens is 431 g/mol. The van der Waals surface area contributed by atoms with Gasteiger partial charge in [-0.2, -0.15) is 0 Å². The van der Waals surface area contributed by atoms with E-state index in [-0.39, 0.29) is 5.75 Å². The van der Waals surface area contributed by atoms with Gasteiger partial charge in [-0.05, 0) is 56.8 Å². The molecule has 1 aromatic carbocycles. The molecule has 0 aliphatic carbocycles. The summed E-state index contributed by atoms with van der Waals surface area (Å²) < 4.78 is 30.3. The van der Waals surface area contributed by atoms with Crippen LogP contribution in [0.25, 0.3) is 0 Å². The van der Waals surface area contributed by atoms with Gasteiger partial charge in [-0.15, -0.1) is 0 Å². The van der Waals surface area contributed by atoms with Crippen LogP contribution in [0.1, 0.15) is 26.7 Å². The molecule has 0 aliphatic rings. The molecule has 0 amide bonds. The molecule has 0 bridgehead atoms. The molecule has 0 aliphatic heterocycles.